The van der Waals surface area contributed by atoms with Crippen LogP contribution in [0.1, 0.15) is 47.9 Å². The number of carbonyl (C=O) groups is 1. The maximum absolute atomic E-state index is 13.2. The highest BCUT2D eigenvalue weighted by Crippen LogP contribution is 2.51. The third kappa shape index (κ3) is 3.85. The minimum Gasteiger partial charge on any atom is -0.497 e. The molecule has 1 aliphatic heterocycles. The molecule has 2 fully saturated rings. The zero-order chi connectivity index (χ0) is 21.5. The van der Waals surface area contributed by atoms with Crippen molar-refractivity contribution in [2.24, 2.45) is 5.92 Å². The van der Waals surface area contributed by atoms with Crippen LogP contribution in [0.25, 0.3) is 0 Å². The second-order valence-corrected chi connectivity index (χ2v) is 7.87. The molecule has 0 spiro atoms. The summed E-state index contributed by atoms with van der Waals surface area (Å²) in [5, 5.41) is 0. The summed E-state index contributed by atoms with van der Waals surface area (Å²) in [7, 11) is 3.20. The van der Waals surface area contributed by atoms with Crippen LogP contribution >= 0.6 is 0 Å². The number of nitrogens with zero attached hydrogens (tertiary/aromatic N) is 1. The van der Waals surface area contributed by atoms with E-state index in [1.54, 1.807) is 14.2 Å². The minimum absolute atomic E-state index is 0.0201. The van der Waals surface area contributed by atoms with Gasteiger partial charge in [-0.1, -0.05) is 12.1 Å². The molecule has 0 aromatic heterocycles. The molecule has 30 heavy (non-hydrogen) atoms. The van der Waals surface area contributed by atoms with E-state index in [-0.39, 0.29) is 23.8 Å². The van der Waals surface area contributed by atoms with Crippen molar-refractivity contribution in [1.29, 1.82) is 0 Å². The average molecular weight is 419 g/mol. The predicted molar refractivity (Wildman–Crippen MR) is 106 cm³/mol. The Morgan fingerprint density at radius 3 is 2.43 bits per heavy atom. The number of ether oxygens (including phenoxy) is 2. The van der Waals surface area contributed by atoms with Gasteiger partial charge in [0.05, 0.1) is 25.8 Å². The Labute approximate surface area is 173 Å². The Kier molecular flexibility index (Phi) is 5.38. The summed E-state index contributed by atoms with van der Waals surface area (Å²) in [5.74, 6) is 1.29. The number of benzene rings is 2. The summed E-state index contributed by atoms with van der Waals surface area (Å²) in [4.78, 5) is 15.1. The zero-order valence-corrected chi connectivity index (χ0v) is 16.9. The van der Waals surface area contributed by atoms with Crippen LogP contribution < -0.4 is 9.47 Å². The van der Waals surface area contributed by atoms with Gasteiger partial charge in [0.25, 0.3) is 0 Å². The molecule has 4 rings (SSSR count). The van der Waals surface area contributed by atoms with E-state index in [0.29, 0.717) is 18.7 Å². The first-order chi connectivity index (χ1) is 14.3. The monoisotopic (exact) mass is 419 g/mol. The molecule has 0 N–H and O–H groups in total. The maximum Gasteiger partial charge on any atom is 0.416 e. The fourth-order valence-electron chi connectivity index (χ4n) is 4.42. The van der Waals surface area contributed by atoms with Crippen molar-refractivity contribution in [1.82, 2.24) is 4.90 Å². The normalized spacial score (nSPS) is 23.4. The van der Waals surface area contributed by atoms with Crippen molar-refractivity contribution in [2.45, 2.75) is 37.4 Å². The van der Waals surface area contributed by atoms with Crippen LogP contribution in [0.2, 0.25) is 0 Å². The summed E-state index contributed by atoms with van der Waals surface area (Å²) in [6.07, 6.45) is -1.94. The largest absolute Gasteiger partial charge is 0.497 e. The first-order valence-electron chi connectivity index (χ1n) is 10.0. The lowest BCUT2D eigenvalue weighted by atomic mass is 10.0. The summed E-state index contributed by atoms with van der Waals surface area (Å²) in [5.41, 5.74) is 1.05. The molecule has 7 heteroatoms. The van der Waals surface area contributed by atoms with Crippen LogP contribution in [-0.4, -0.2) is 31.6 Å². The fourth-order valence-corrected chi connectivity index (χ4v) is 4.42. The van der Waals surface area contributed by atoms with E-state index >= 15 is 0 Å². The Bertz CT molecular complexity index is 926. The first kappa shape index (κ1) is 20.6. The lowest BCUT2D eigenvalue weighted by molar-refractivity contribution is -0.137. The molecule has 0 bridgehead atoms. The molecule has 4 nitrogen and oxygen atoms in total. The fraction of sp³-hybridized carbons (Fsp3) is 0.435. The van der Waals surface area contributed by atoms with Crippen LogP contribution in [0, 0.1) is 5.92 Å². The highest BCUT2D eigenvalue weighted by Gasteiger charge is 2.48. The Morgan fingerprint density at radius 2 is 1.80 bits per heavy atom. The van der Waals surface area contributed by atoms with Crippen LogP contribution in [-0.2, 0) is 11.0 Å². The molecule has 1 heterocycles. The lowest BCUT2D eigenvalue weighted by Gasteiger charge is -2.27. The SMILES string of the molecule is COc1ccc(OC)c(C2CCCN2C(=O)C2CC2c2ccc(C(F)(F)F)cc2)c1. The highest BCUT2D eigenvalue weighted by molar-refractivity contribution is 5.84. The minimum atomic E-state index is -4.35. The van der Waals surface area contributed by atoms with Crippen molar-refractivity contribution in [3.8, 4) is 11.5 Å². The topological polar surface area (TPSA) is 38.8 Å². The van der Waals surface area contributed by atoms with Gasteiger partial charge in [0, 0.05) is 18.0 Å². The molecular formula is C23H24F3NO3. The predicted octanol–water partition coefficient (Wildman–Crippen LogP) is 5.19. The second-order valence-electron chi connectivity index (χ2n) is 7.87. The molecule has 160 valence electrons. The maximum atomic E-state index is 13.2. The van der Waals surface area contributed by atoms with Crippen molar-refractivity contribution in [2.75, 3.05) is 20.8 Å². The molecule has 1 saturated heterocycles. The number of amides is 1. The van der Waals surface area contributed by atoms with Crippen molar-refractivity contribution in [3.05, 3.63) is 59.2 Å². The van der Waals surface area contributed by atoms with Crippen molar-refractivity contribution < 1.29 is 27.4 Å². The van der Waals surface area contributed by atoms with Crippen LogP contribution in [0.5, 0.6) is 11.5 Å². The number of likely N-dealkylation sites (tertiary alicyclic amines) is 1. The lowest BCUT2D eigenvalue weighted by Crippen LogP contribution is -2.32. The third-order valence-corrected chi connectivity index (χ3v) is 6.11. The summed E-state index contributed by atoms with van der Waals surface area (Å²) in [6.45, 7) is 0.667. The van der Waals surface area contributed by atoms with Gasteiger partial charge in [0.2, 0.25) is 5.91 Å². The van der Waals surface area contributed by atoms with E-state index in [2.05, 4.69) is 0 Å². The number of hydrogen-bond donors (Lipinski definition) is 0. The third-order valence-electron chi connectivity index (χ3n) is 6.11. The average Bonchev–Trinajstić information content (AvgIpc) is 3.40. The van der Waals surface area contributed by atoms with Crippen LogP contribution in [0.15, 0.2) is 42.5 Å². The molecule has 3 unspecified atom stereocenters. The standard InChI is InChI=1S/C23H24F3NO3/c1-29-16-9-10-21(30-2)19(12-16)20-4-3-11-27(20)22(28)18-13-17(18)14-5-7-15(8-6-14)23(24,25)26/h5-10,12,17-18,20H,3-4,11,13H2,1-2H3. The number of hydrogen-bond acceptors (Lipinski definition) is 3. The number of methoxy groups -OCH3 is 2. The first-order valence-corrected chi connectivity index (χ1v) is 10.0. The molecule has 1 aliphatic carbocycles. The van der Waals surface area contributed by atoms with E-state index in [9.17, 15) is 18.0 Å². The molecule has 1 saturated carbocycles. The van der Waals surface area contributed by atoms with Gasteiger partial charge in [-0.25, -0.2) is 0 Å². The number of alkyl halides is 3. The number of rotatable bonds is 5. The van der Waals surface area contributed by atoms with E-state index in [1.807, 2.05) is 23.1 Å². The van der Waals surface area contributed by atoms with E-state index in [1.165, 1.54) is 12.1 Å². The van der Waals surface area contributed by atoms with Gasteiger partial charge < -0.3 is 14.4 Å². The summed E-state index contributed by atoms with van der Waals surface area (Å²) >= 11 is 0. The van der Waals surface area contributed by atoms with Gasteiger partial charge in [0.1, 0.15) is 11.5 Å². The Balaban J connectivity index is 1.50. The highest BCUT2D eigenvalue weighted by atomic mass is 19.4. The van der Waals surface area contributed by atoms with Gasteiger partial charge in [-0.15, -0.1) is 0 Å². The molecule has 2 aromatic rings. The molecule has 2 aromatic carbocycles. The summed E-state index contributed by atoms with van der Waals surface area (Å²) < 4.78 is 49.2. The van der Waals surface area contributed by atoms with E-state index in [0.717, 1.165) is 41.9 Å². The quantitative estimate of drug-likeness (QED) is 0.670. The molecule has 1 amide bonds. The van der Waals surface area contributed by atoms with Gasteiger partial charge in [-0.3, -0.25) is 4.79 Å². The van der Waals surface area contributed by atoms with Gasteiger partial charge in [-0.05, 0) is 61.1 Å². The Morgan fingerprint density at radius 1 is 1.07 bits per heavy atom. The zero-order valence-electron chi connectivity index (χ0n) is 16.9. The van der Waals surface area contributed by atoms with Gasteiger partial charge in [0.15, 0.2) is 0 Å². The van der Waals surface area contributed by atoms with Crippen molar-refractivity contribution in [3.63, 3.8) is 0 Å². The number of carbonyl (C=O) groups excluding carboxylic acids is 1. The molecule has 0 radical (unpaired) electrons. The smallest absolute Gasteiger partial charge is 0.416 e. The van der Waals surface area contributed by atoms with Gasteiger partial charge in [-0.2, -0.15) is 13.2 Å². The molecule has 3 atom stereocenters. The van der Waals surface area contributed by atoms with Crippen molar-refractivity contribution >= 4 is 5.91 Å². The molecule has 2 aliphatic rings. The second kappa shape index (κ2) is 7.85. The Hall–Kier alpha value is -2.70. The van der Waals surface area contributed by atoms with Crippen LogP contribution in [0.3, 0.4) is 0 Å². The summed E-state index contributed by atoms with van der Waals surface area (Å²) in [6, 6.07) is 10.7. The van der Waals surface area contributed by atoms with Crippen LogP contribution in [0.4, 0.5) is 13.2 Å². The molecular weight excluding hydrogens is 395 g/mol. The van der Waals surface area contributed by atoms with E-state index in [4.69, 9.17) is 9.47 Å². The van der Waals surface area contributed by atoms with Gasteiger partial charge >= 0.3 is 6.18 Å². The number of halogens is 3. The van der Waals surface area contributed by atoms with E-state index < -0.39 is 11.7 Å².